The van der Waals surface area contributed by atoms with Gasteiger partial charge in [0.05, 0.1) is 0 Å². The van der Waals surface area contributed by atoms with Crippen molar-refractivity contribution in [2.75, 3.05) is 7.11 Å². The largest absolute Gasteiger partial charge is 0.399 e. The van der Waals surface area contributed by atoms with Crippen LogP contribution in [0.5, 0.6) is 0 Å². The second kappa shape index (κ2) is 5.45. The molecule has 0 spiro atoms. The average molecular weight is 291 g/mol. The Balaban J connectivity index is 2.22. The average Bonchev–Trinajstić information content (AvgIpc) is 3.14. The normalized spacial score (nSPS) is 25.8. The van der Waals surface area contributed by atoms with E-state index in [2.05, 4.69) is 73.3 Å². The molecule has 112 valence electrons. The summed E-state index contributed by atoms with van der Waals surface area (Å²) in [4.78, 5) is 4.93. The molecule has 2 nitrogen and oxygen atoms in total. The highest BCUT2D eigenvalue weighted by Crippen LogP contribution is 2.72. The third kappa shape index (κ3) is 1.83. The molecule has 2 atom stereocenters. The van der Waals surface area contributed by atoms with Crippen molar-refractivity contribution in [1.82, 2.24) is 0 Å². The highest BCUT2D eigenvalue weighted by Gasteiger charge is 2.73. The van der Waals surface area contributed by atoms with Crippen molar-refractivity contribution < 1.29 is 4.84 Å². The van der Waals surface area contributed by atoms with Crippen LogP contribution in [0.15, 0.2) is 78.5 Å². The first-order chi connectivity index (χ1) is 10.7. The molecule has 0 aromatic heterocycles. The Kier molecular flexibility index (Phi) is 3.61. The van der Waals surface area contributed by atoms with Crippen molar-refractivity contribution in [3.63, 3.8) is 0 Å². The Morgan fingerprint density at radius 3 is 1.91 bits per heavy atom. The van der Waals surface area contributed by atoms with E-state index in [9.17, 15) is 0 Å². The van der Waals surface area contributed by atoms with Crippen LogP contribution in [0.4, 0.5) is 0 Å². The van der Waals surface area contributed by atoms with Crippen molar-refractivity contribution in [1.29, 1.82) is 0 Å². The van der Waals surface area contributed by atoms with Gasteiger partial charge in [-0.2, -0.15) is 0 Å². The number of hydrogen-bond donors (Lipinski definition) is 0. The molecule has 2 unspecified atom stereocenters. The molecule has 0 heterocycles. The molecule has 1 aliphatic carbocycles. The minimum absolute atomic E-state index is 0.0856. The van der Waals surface area contributed by atoms with Crippen molar-refractivity contribution in [2.24, 2.45) is 16.5 Å². The van der Waals surface area contributed by atoms with E-state index in [1.165, 1.54) is 11.1 Å². The Morgan fingerprint density at radius 1 is 1.00 bits per heavy atom. The van der Waals surface area contributed by atoms with Gasteiger partial charge in [0.1, 0.15) is 7.11 Å². The minimum Gasteiger partial charge on any atom is -0.399 e. The molecule has 22 heavy (non-hydrogen) atoms. The summed E-state index contributed by atoms with van der Waals surface area (Å²) in [7, 11) is 1.58. The van der Waals surface area contributed by atoms with E-state index in [1.807, 2.05) is 18.3 Å². The Hall–Kier alpha value is -2.35. The number of allylic oxidation sites excluding steroid dienone is 1. The van der Waals surface area contributed by atoms with Crippen molar-refractivity contribution in [2.45, 2.75) is 12.3 Å². The molecule has 0 radical (unpaired) electrons. The predicted molar refractivity (Wildman–Crippen MR) is 91.0 cm³/mol. The van der Waals surface area contributed by atoms with Crippen LogP contribution in [-0.4, -0.2) is 13.3 Å². The highest BCUT2D eigenvalue weighted by atomic mass is 16.6. The summed E-state index contributed by atoms with van der Waals surface area (Å²) in [6.07, 6.45) is 3.97. The summed E-state index contributed by atoms with van der Waals surface area (Å²) >= 11 is 0. The van der Waals surface area contributed by atoms with Gasteiger partial charge in [-0.1, -0.05) is 78.8 Å². The van der Waals surface area contributed by atoms with Crippen LogP contribution in [0.1, 0.15) is 18.1 Å². The Labute approximate surface area is 132 Å². The number of rotatable bonds is 5. The highest BCUT2D eigenvalue weighted by molar-refractivity contribution is 5.77. The molecule has 3 rings (SSSR count). The summed E-state index contributed by atoms with van der Waals surface area (Å²) in [6, 6.07) is 21.2. The summed E-state index contributed by atoms with van der Waals surface area (Å²) in [5, 5.41) is 4.05. The smallest absolute Gasteiger partial charge is 0.106 e. The molecule has 0 aliphatic heterocycles. The molecule has 2 heteroatoms. The second-order valence-corrected chi connectivity index (χ2v) is 5.94. The third-order valence-corrected chi connectivity index (χ3v) is 5.08. The summed E-state index contributed by atoms with van der Waals surface area (Å²) < 4.78 is 0. The number of benzene rings is 2. The SMILES string of the molecule is C=CC1(C)C(/C=N/OC)C1(c1ccccc1)c1ccccc1. The van der Waals surface area contributed by atoms with Gasteiger partial charge in [-0.15, -0.1) is 6.58 Å². The molecule has 1 fully saturated rings. The van der Waals surface area contributed by atoms with Crippen molar-refractivity contribution >= 4 is 6.21 Å². The number of nitrogens with zero attached hydrogens (tertiary/aromatic N) is 1. The lowest BCUT2D eigenvalue weighted by atomic mass is 9.80. The van der Waals surface area contributed by atoms with E-state index < -0.39 is 0 Å². The zero-order valence-electron chi connectivity index (χ0n) is 13.1. The fourth-order valence-electron chi connectivity index (χ4n) is 3.90. The topological polar surface area (TPSA) is 21.6 Å². The van der Waals surface area contributed by atoms with Crippen LogP contribution in [0.2, 0.25) is 0 Å². The van der Waals surface area contributed by atoms with Crippen LogP contribution in [0.25, 0.3) is 0 Å². The lowest BCUT2D eigenvalue weighted by molar-refractivity contribution is 0.214. The molecular formula is C20H21NO. The van der Waals surface area contributed by atoms with Crippen molar-refractivity contribution in [3.8, 4) is 0 Å². The van der Waals surface area contributed by atoms with Crippen LogP contribution in [-0.2, 0) is 10.3 Å². The standard InChI is InChI=1S/C20H21NO/c1-4-19(2)18(15-21-22-3)20(19,16-11-7-5-8-12-16)17-13-9-6-10-14-17/h4-15,18H,1H2,2-3H3/b21-15+. The maximum Gasteiger partial charge on any atom is 0.106 e. The van der Waals surface area contributed by atoms with E-state index in [1.54, 1.807) is 7.11 Å². The fourth-order valence-corrected chi connectivity index (χ4v) is 3.90. The molecule has 2 aromatic carbocycles. The molecular weight excluding hydrogens is 270 g/mol. The molecule has 0 amide bonds. The van der Waals surface area contributed by atoms with Crippen LogP contribution >= 0.6 is 0 Å². The molecule has 1 saturated carbocycles. The summed E-state index contributed by atoms with van der Waals surface area (Å²) in [5.74, 6) is 0.224. The zero-order valence-corrected chi connectivity index (χ0v) is 13.1. The quantitative estimate of drug-likeness (QED) is 0.454. The zero-order chi connectivity index (χ0) is 15.6. The maximum atomic E-state index is 4.93. The molecule has 1 aliphatic rings. The lowest BCUT2D eigenvalue weighted by Crippen LogP contribution is -2.17. The monoisotopic (exact) mass is 291 g/mol. The van der Waals surface area contributed by atoms with Gasteiger partial charge >= 0.3 is 0 Å². The van der Waals surface area contributed by atoms with Gasteiger partial charge in [-0.25, -0.2) is 0 Å². The molecule has 2 aromatic rings. The summed E-state index contributed by atoms with van der Waals surface area (Å²) in [5.41, 5.74) is 2.35. The van der Waals surface area contributed by atoms with E-state index in [0.717, 1.165) is 0 Å². The van der Waals surface area contributed by atoms with Crippen LogP contribution < -0.4 is 0 Å². The molecule has 0 saturated heterocycles. The van der Waals surface area contributed by atoms with Gasteiger partial charge < -0.3 is 4.84 Å². The second-order valence-electron chi connectivity index (χ2n) is 5.94. The van der Waals surface area contributed by atoms with Crippen LogP contribution in [0, 0.1) is 11.3 Å². The first-order valence-electron chi connectivity index (χ1n) is 7.53. The Bertz CT molecular complexity index is 638. The summed E-state index contributed by atoms with van der Waals surface area (Å²) in [6.45, 7) is 6.34. The number of hydrogen-bond acceptors (Lipinski definition) is 2. The predicted octanol–water partition coefficient (Wildman–Crippen LogP) is 4.43. The van der Waals surface area contributed by atoms with Gasteiger partial charge in [0, 0.05) is 23.0 Å². The Morgan fingerprint density at radius 2 is 1.50 bits per heavy atom. The first-order valence-corrected chi connectivity index (χ1v) is 7.53. The van der Waals surface area contributed by atoms with E-state index in [0.29, 0.717) is 0 Å². The van der Waals surface area contributed by atoms with E-state index in [4.69, 9.17) is 4.84 Å². The van der Waals surface area contributed by atoms with Gasteiger partial charge in [-0.05, 0) is 11.1 Å². The van der Waals surface area contributed by atoms with Crippen molar-refractivity contribution in [3.05, 3.63) is 84.4 Å². The van der Waals surface area contributed by atoms with Gasteiger partial charge in [0.25, 0.3) is 0 Å². The lowest BCUT2D eigenvalue weighted by Gasteiger charge is -2.22. The molecule has 0 N–H and O–H groups in total. The minimum atomic E-state index is -0.140. The van der Waals surface area contributed by atoms with Gasteiger partial charge in [-0.3, -0.25) is 0 Å². The first kappa shape index (κ1) is 14.6. The molecule has 0 bridgehead atoms. The fraction of sp³-hybridized carbons (Fsp3) is 0.250. The van der Waals surface area contributed by atoms with E-state index in [-0.39, 0.29) is 16.7 Å². The maximum absolute atomic E-state index is 4.93. The third-order valence-electron chi connectivity index (χ3n) is 5.08. The van der Waals surface area contributed by atoms with Gasteiger partial charge in [0.2, 0.25) is 0 Å². The van der Waals surface area contributed by atoms with E-state index >= 15 is 0 Å². The number of oxime groups is 1. The van der Waals surface area contributed by atoms with Crippen LogP contribution in [0.3, 0.4) is 0 Å². The van der Waals surface area contributed by atoms with Gasteiger partial charge in [0.15, 0.2) is 0 Å².